The van der Waals surface area contributed by atoms with E-state index in [0.717, 1.165) is 12.1 Å². The van der Waals surface area contributed by atoms with E-state index in [-0.39, 0.29) is 34.6 Å². The van der Waals surface area contributed by atoms with Gasteiger partial charge in [0, 0.05) is 24.8 Å². The van der Waals surface area contributed by atoms with Gasteiger partial charge in [-0.25, -0.2) is 9.37 Å². The molecule has 0 aliphatic rings. The zero-order valence-electron chi connectivity index (χ0n) is 14.8. The molecule has 1 aromatic carbocycles. The average molecular weight is 394 g/mol. The van der Waals surface area contributed by atoms with Crippen LogP contribution in [0.25, 0.3) is 0 Å². The SMILES string of the molecule is CCC(=O)Nc1nc(SCCOC)[nH]c(=O)c1NC(=O)c1ccc(F)cc1. The summed E-state index contributed by atoms with van der Waals surface area (Å²) >= 11 is 1.24. The van der Waals surface area contributed by atoms with Crippen molar-refractivity contribution in [2.75, 3.05) is 30.1 Å². The third-order valence-electron chi connectivity index (χ3n) is 3.35. The van der Waals surface area contributed by atoms with Gasteiger partial charge < -0.3 is 15.4 Å². The Balaban J connectivity index is 2.31. The summed E-state index contributed by atoms with van der Waals surface area (Å²) in [7, 11) is 1.55. The van der Waals surface area contributed by atoms with Crippen LogP contribution >= 0.6 is 11.8 Å². The molecule has 2 aromatic rings. The summed E-state index contributed by atoms with van der Waals surface area (Å²) < 4.78 is 17.9. The molecule has 3 N–H and O–H groups in total. The number of halogens is 1. The quantitative estimate of drug-likeness (QED) is 0.360. The fraction of sp³-hybridized carbons (Fsp3) is 0.294. The van der Waals surface area contributed by atoms with Crippen molar-refractivity contribution in [3.05, 3.63) is 46.0 Å². The van der Waals surface area contributed by atoms with E-state index in [1.165, 1.54) is 23.9 Å². The van der Waals surface area contributed by atoms with Crippen LogP contribution in [0.5, 0.6) is 0 Å². The van der Waals surface area contributed by atoms with Crippen LogP contribution in [0.2, 0.25) is 0 Å². The van der Waals surface area contributed by atoms with Gasteiger partial charge in [-0.05, 0) is 24.3 Å². The molecule has 8 nitrogen and oxygen atoms in total. The van der Waals surface area contributed by atoms with Crippen LogP contribution in [0.4, 0.5) is 15.9 Å². The van der Waals surface area contributed by atoms with Crippen molar-refractivity contribution < 1.29 is 18.7 Å². The molecule has 0 fully saturated rings. The molecule has 2 rings (SSSR count). The van der Waals surface area contributed by atoms with E-state index in [1.807, 2.05) is 0 Å². The first-order chi connectivity index (χ1) is 12.9. The van der Waals surface area contributed by atoms with Gasteiger partial charge in [0.15, 0.2) is 16.7 Å². The third kappa shape index (κ3) is 5.90. The lowest BCUT2D eigenvalue weighted by atomic mass is 10.2. The number of anilines is 2. The highest BCUT2D eigenvalue weighted by molar-refractivity contribution is 7.99. The van der Waals surface area contributed by atoms with Gasteiger partial charge in [-0.15, -0.1) is 0 Å². The number of benzene rings is 1. The van der Waals surface area contributed by atoms with Gasteiger partial charge in [0.05, 0.1) is 6.61 Å². The smallest absolute Gasteiger partial charge is 0.277 e. The zero-order valence-corrected chi connectivity index (χ0v) is 15.6. The van der Waals surface area contributed by atoms with Gasteiger partial charge in [-0.1, -0.05) is 18.7 Å². The molecule has 10 heteroatoms. The number of carbonyl (C=O) groups is 2. The number of ether oxygens (including phenoxy) is 1. The number of H-pyrrole nitrogens is 1. The lowest BCUT2D eigenvalue weighted by molar-refractivity contribution is -0.115. The minimum atomic E-state index is -0.630. The van der Waals surface area contributed by atoms with E-state index < -0.39 is 17.3 Å². The number of hydrogen-bond acceptors (Lipinski definition) is 6. The average Bonchev–Trinajstić information content (AvgIpc) is 2.65. The predicted molar refractivity (Wildman–Crippen MR) is 101 cm³/mol. The number of thioether (sulfide) groups is 1. The minimum absolute atomic E-state index is 0.0546. The number of aromatic nitrogens is 2. The third-order valence-corrected chi connectivity index (χ3v) is 4.19. The molecule has 0 atom stereocenters. The fourth-order valence-corrected chi connectivity index (χ4v) is 2.72. The molecule has 0 radical (unpaired) electrons. The number of nitrogens with zero attached hydrogens (tertiary/aromatic N) is 1. The maximum absolute atomic E-state index is 13.0. The van der Waals surface area contributed by atoms with Crippen LogP contribution in [-0.4, -0.2) is 41.3 Å². The van der Waals surface area contributed by atoms with Crippen molar-refractivity contribution in [1.82, 2.24) is 9.97 Å². The second kappa shape index (κ2) is 9.83. The Morgan fingerprint density at radius 3 is 2.59 bits per heavy atom. The van der Waals surface area contributed by atoms with E-state index in [0.29, 0.717) is 12.4 Å². The van der Waals surface area contributed by atoms with Gasteiger partial charge in [-0.2, -0.15) is 0 Å². The molecule has 27 heavy (non-hydrogen) atoms. The summed E-state index contributed by atoms with van der Waals surface area (Å²) in [4.78, 5) is 43.3. The lowest BCUT2D eigenvalue weighted by Gasteiger charge is -2.12. The highest BCUT2D eigenvalue weighted by Gasteiger charge is 2.17. The molecule has 0 spiro atoms. The normalized spacial score (nSPS) is 10.5. The number of aromatic amines is 1. The molecular formula is C17H19FN4O4S. The molecule has 0 aliphatic carbocycles. The van der Waals surface area contributed by atoms with Gasteiger partial charge in [0.2, 0.25) is 5.91 Å². The van der Waals surface area contributed by atoms with E-state index in [1.54, 1.807) is 14.0 Å². The molecule has 1 heterocycles. The molecule has 0 unspecified atom stereocenters. The molecule has 2 amide bonds. The Hall–Kier alpha value is -2.72. The van der Waals surface area contributed by atoms with E-state index in [9.17, 15) is 18.8 Å². The van der Waals surface area contributed by atoms with E-state index in [2.05, 4.69) is 20.6 Å². The molecule has 0 bridgehead atoms. The second-order valence-corrected chi connectivity index (χ2v) is 6.38. The van der Waals surface area contributed by atoms with Crippen LogP contribution in [-0.2, 0) is 9.53 Å². The second-order valence-electron chi connectivity index (χ2n) is 5.30. The first-order valence-electron chi connectivity index (χ1n) is 8.07. The monoisotopic (exact) mass is 394 g/mol. The van der Waals surface area contributed by atoms with Crippen LogP contribution < -0.4 is 16.2 Å². The van der Waals surface area contributed by atoms with Crippen molar-refractivity contribution >= 4 is 35.1 Å². The summed E-state index contributed by atoms with van der Waals surface area (Å²) in [5, 5.41) is 5.21. The first-order valence-corrected chi connectivity index (χ1v) is 9.06. The summed E-state index contributed by atoms with van der Waals surface area (Å²) in [5.41, 5.74) is -0.656. The summed E-state index contributed by atoms with van der Waals surface area (Å²) in [5.74, 6) is -0.991. The number of rotatable bonds is 8. The van der Waals surface area contributed by atoms with Gasteiger partial charge in [0.1, 0.15) is 5.82 Å². The fourth-order valence-electron chi connectivity index (χ4n) is 1.96. The molecule has 1 aromatic heterocycles. The Bertz CT molecular complexity index is 870. The Kier molecular flexibility index (Phi) is 7.50. The van der Waals surface area contributed by atoms with Crippen molar-refractivity contribution in [2.45, 2.75) is 18.5 Å². The molecule has 144 valence electrons. The van der Waals surface area contributed by atoms with Crippen LogP contribution in [0, 0.1) is 5.82 Å². The van der Waals surface area contributed by atoms with Crippen molar-refractivity contribution in [3.63, 3.8) is 0 Å². The highest BCUT2D eigenvalue weighted by Crippen LogP contribution is 2.20. The van der Waals surface area contributed by atoms with Gasteiger partial charge >= 0.3 is 0 Å². The number of carbonyl (C=O) groups excluding carboxylic acids is 2. The Morgan fingerprint density at radius 1 is 1.26 bits per heavy atom. The molecule has 0 saturated heterocycles. The number of hydrogen-bond donors (Lipinski definition) is 3. The first kappa shape index (κ1) is 20.6. The lowest BCUT2D eigenvalue weighted by Crippen LogP contribution is -2.25. The number of nitrogens with one attached hydrogen (secondary N) is 3. The van der Waals surface area contributed by atoms with Crippen molar-refractivity contribution in [1.29, 1.82) is 0 Å². The summed E-state index contributed by atoms with van der Waals surface area (Å²) in [6.45, 7) is 2.10. The van der Waals surface area contributed by atoms with Crippen LogP contribution in [0.15, 0.2) is 34.2 Å². The highest BCUT2D eigenvalue weighted by atomic mass is 32.2. The van der Waals surface area contributed by atoms with Crippen LogP contribution in [0.3, 0.4) is 0 Å². The van der Waals surface area contributed by atoms with E-state index in [4.69, 9.17) is 4.74 Å². The van der Waals surface area contributed by atoms with Gasteiger partial charge in [0.25, 0.3) is 11.5 Å². The maximum Gasteiger partial charge on any atom is 0.277 e. The maximum atomic E-state index is 13.0. The summed E-state index contributed by atoms with van der Waals surface area (Å²) in [6, 6.07) is 4.83. The molecule has 0 aliphatic heterocycles. The molecular weight excluding hydrogens is 375 g/mol. The Labute approximate surface area is 158 Å². The molecule has 0 saturated carbocycles. The van der Waals surface area contributed by atoms with Crippen molar-refractivity contribution in [2.24, 2.45) is 0 Å². The van der Waals surface area contributed by atoms with Gasteiger partial charge in [-0.3, -0.25) is 19.4 Å². The zero-order chi connectivity index (χ0) is 19.8. The predicted octanol–water partition coefficient (Wildman–Crippen LogP) is 2.25. The van der Waals surface area contributed by atoms with Crippen molar-refractivity contribution in [3.8, 4) is 0 Å². The standard InChI is InChI=1S/C17H19FN4O4S/c1-3-12(23)19-14-13(16(25)22-17(21-14)27-9-8-26-2)20-15(24)10-4-6-11(18)7-5-10/h4-7H,3,8-9H2,1-2H3,(H,20,24)(H2,19,21,22,23,25). The number of methoxy groups -OCH3 is 1. The largest absolute Gasteiger partial charge is 0.384 e. The summed E-state index contributed by atoms with van der Waals surface area (Å²) in [6.07, 6.45) is 0.173. The van der Waals surface area contributed by atoms with Crippen LogP contribution in [0.1, 0.15) is 23.7 Å². The van der Waals surface area contributed by atoms with E-state index >= 15 is 0 Å². The number of amides is 2. The minimum Gasteiger partial charge on any atom is -0.384 e. The Morgan fingerprint density at radius 2 is 1.96 bits per heavy atom. The topological polar surface area (TPSA) is 113 Å².